The van der Waals surface area contributed by atoms with Gasteiger partial charge in [-0.25, -0.2) is 22.9 Å². The fourth-order valence-electron chi connectivity index (χ4n) is 2.42. The van der Waals surface area contributed by atoms with Crippen molar-refractivity contribution in [1.29, 1.82) is 0 Å². The third-order valence-electron chi connectivity index (χ3n) is 3.68. The Labute approximate surface area is 175 Å². The van der Waals surface area contributed by atoms with Crippen LogP contribution in [0.3, 0.4) is 0 Å². The normalized spacial score (nSPS) is 32.1. The molecule has 0 bridgehead atoms. The predicted octanol–water partition coefficient (Wildman–Crippen LogP) is -2.20. The summed E-state index contributed by atoms with van der Waals surface area (Å²) in [6.45, 7) is -1.85. The van der Waals surface area contributed by atoms with Gasteiger partial charge in [0.25, 0.3) is 11.4 Å². The number of nitrogens with zero attached hydrogens (tertiary/aromatic N) is 1. The van der Waals surface area contributed by atoms with Crippen molar-refractivity contribution in [1.82, 2.24) is 9.55 Å². The van der Waals surface area contributed by atoms with Crippen molar-refractivity contribution in [3.05, 3.63) is 33.1 Å². The molecule has 0 spiro atoms. The fourth-order valence-corrected chi connectivity index (χ4v) is 5.45. The first-order valence-electron chi connectivity index (χ1n) is 7.69. The van der Waals surface area contributed by atoms with Crippen LogP contribution in [0.5, 0.6) is 0 Å². The van der Waals surface area contributed by atoms with Gasteiger partial charge in [-0.2, -0.15) is 8.62 Å². The second kappa shape index (κ2) is 8.67. The minimum atomic E-state index is -5.92. The molecule has 0 saturated carbocycles. The van der Waals surface area contributed by atoms with Gasteiger partial charge in [0.1, 0.15) is 6.61 Å². The van der Waals surface area contributed by atoms with E-state index in [1.807, 2.05) is 0 Å². The highest BCUT2D eigenvalue weighted by Gasteiger charge is 2.65. The van der Waals surface area contributed by atoms with Crippen molar-refractivity contribution in [2.75, 3.05) is 6.61 Å². The molecule has 6 atom stereocenters. The van der Waals surface area contributed by atoms with Crippen molar-refractivity contribution in [2.24, 2.45) is 0 Å². The second-order valence-electron chi connectivity index (χ2n) is 6.01. The lowest BCUT2D eigenvalue weighted by Gasteiger charge is -2.26. The molecule has 1 aromatic rings. The SMILES string of the molecule is C#C[C@]1(O)[C@H](n2ccc(=O)[nH]c2=O)O[C@](F)(COP(=O)(O)OP(=O)(O)OP(=O)(O)O)[C@H]1O. The monoisotopic (exact) mass is 526 g/mol. The molecule has 7 N–H and O–H groups in total. The number of aromatic amines is 1. The van der Waals surface area contributed by atoms with Crippen LogP contribution in [0.25, 0.3) is 0 Å². The lowest BCUT2D eigenvalue weighted by molar-refractivity contribution is -0.204. The average Bonchev–Trinajstić information content (AvgIpc) is 2.80. The summed E-state index contributed by atoms with van der Waals surface area (Å²) in [5.41, 5.74) is -5.18. The van der Waals surface area contributed by atoms with Crippen molar-refractivity contribution in [3.8, 4) is 12.3 Å². The number of H-pyrrole nitrogens is 1. The first kappa shape index (κ1) is 26.7. The van der Waals surface area contributed by atoms with E-state index in [1.54, 1.807) is 10.9 Å². The molecule has 180 valence electrons. The van der Waals surface area contributed by atoms with Crippen molar-refractivity contribution >= 4 is 23.5 Å². The molecule has 0 amide bonds. The van der Waals surface area contributed by atoms with Crippen LogP contribution in [0.2, 0.25) is 0 Å². The fraction of sp³-hybridized carbons (Fsp3) is 0.455. The van der Waals surface area contributed by atoms with E-state index >= 15 is 4.39 Å². The van der Waals surface area contributed by atoms with Crippen LogP contribution in [0.4, 0.5) is 4.39 Å². The summed E-state index contributed by atoms with van der Waals surface area (Å²) in [5, 5.41) is 20.6. The van der Waals surface area contributed by atoms with Gasteiger partial charge in [-0.15, -0.1) is 6.42 Å². The number of nitrogens with one attached hydrogen (secondary N) is 1. The van der Waals surface area contributed by atoms with Gasteiger partial charge in [0.2, 0.25) is 5.60 Å². The molecule has 2 unspecified atom stereocenters. The number of phosphoric ester groups is 1. The van der Waals surface area contributed by atoms with Gasteiger partial charge in [-0.1, -0.05) is 5.92 Å². The van der Waals surface area contributed by atoms with Gasteiger partial charge in [-0.05, 0) is 0 Å². The maximum absolute atomic E-state index is 15.2. The molecule has 1 fully saturated rings. The Bertz CT molecular complexity index is 1190. The molecule has 0 aliphatic carbocycles. The highest BCUT2D eigenvalue weighted by atomic mass is 31.3. The standard InChI is InChI=1S/C11H14FN2O15P3/c1-2-10(18)7(16)11(12,27-8(10)14-4-3-6(15)13-9(14)17)5-26-31(22,23)29-32(24,25)28-30(19,20)21/h1,3-4,7-8,16,18H,5H2,(H,22,23)(H,24,25)(H,13,15,17)(H2,19,20,21)/t7-,8+,10+,11+/m0/s1. The molecule has 17 nitrogen and oxygen atoms in total. The molecule has 1 saturated heterocycles. The van der Waals surface area contributed by atoms with E-state index in [0.29, 0.717) is 4.57 Å². The van der Waals surface area contributed by atoms with Crippen LogP contribution in [0.15, 0.2) is 21.9 Å². The molecule has 0 aromatic carbocycles. The van der Waals surface area contributed by atoms with Crippen molar-refractivity contribution in [2.45, 2.75) is 23.8 Å². The zero-order valence-corrected chi connectivity index (χ0v) is 17.8. The molecule has 32 heavy (non-hydrogen) atoms. The van der Waals surface area contributed by atoms with E-state index in [1.165, 1.54) is 0 Å². The van der Waals surface area contributed by atoms with Crippen LogP contribution in [0, 0.1) is 12.3 Å². The summed E-state index contributed by atoms with van der Waals surface area (Å²) >= 11 is 0. The summed E-state index contributed by atoms with van der Waals surface area (Å²) < 4.78 is 64.7. The van der Waals surface area contributed by atoms with Crippen molar-refractivity contribution < 1.29 is 65.8 Å². The van der Waals surface area contributed by atoms with Crippen LogP contribution in [-0.2, 0) is 31.6 Å². The smallest absolute Gasteiger partial charge is 0.383 e. The Hall–Kier alpha value is -1.54. The number of rotatable bonds is 8. The highest BCUT2D eigenvalue weighted by molar-refractivity contribution is 7.66. The van der Waals surface area contributed by atoms with E-state index in [9.17, 15) is 38.4 Å². The van der Waals surface area contributed by atoms with Crippen LogP contribution >= 0.6 is 23.5 Å². The minimum Gasteiger partial charge on any atom is -0.383 e. The predicted molar refractivity (Wildman–Crippen MR) is 94.9 cm³/mol. The molecule has 1 aliphatic rings. The van der Waals surface area contributed by atoms with E-state index in [-0.39, 0.29) is 0 Å². The summed E-state index contributed by atoms with van der Waals surface area (Å²) in [6, 6.07) is 0.748. The largest absolute Gasteiger partial charge is 0.490 e. The average molecular weight is 526 g/mol. The second-order valence-corrected chi connectivity index (χ2v) is 10.4. The van der Waals surface area contributed by atoms with E-state index in [0.717, 1.165) is 12.3 Å². The number of aromatic nitrogens is 2. The molecule has 1 aromatic heterocycles. The summed E-state index contributed by atoms with van der Waals surface area (Å²) in [5.74, 6) is -2.10. The number of aliphatic hydroxyl groups is 2. The number of hydrogen-bond acceptors (Lipinski definition) is 11. The zero-order valence-electron chi connectivity index (χ0n) is 15.1. The molecule has 2 rings (SSSR count). The van der Waals surface area contributed by atoms with Gasteiger partial charge in [0.15, 0.2) is 12.3 Å². The van der Waals surface area contributed by atoms with Gasteiger partial charge in [-0.3, -0.25) is 18.9 Å². The topological polar surface area (TPSA) is 264 Å². The third kappa shape index (κ3) is 5.87. The lowest BCUT2D eigenvalue weighted by atomic mass is 9.94. The minimum absolute atomic E-state index is 0.372. The van der Waals surface area contributed by atoms with Gasteiger partial charge in [0, 0.05) is 12.3 Å². The third-order valence-corrected chi connectivity index (χ3v) is 7.47. The molecule has 0 radical (unpaired) electrons. The number of hydrogen-bond donors (Lipinski definition) is 7. The van der Waals surface area contributed by atoms with Gasteiger partial charge >= 0.3 is 29.2 Å². The molecular formula is C11H14FN2O15P3. The Morgan fingerprint density at radius 1 is 1.22 bits per heavy atom. The number of phosphoric acid groups is 3. The van der Waals surface area contributed by atoms with Gasteiger partial charge < -0.3 is 34.5 Å². The Morgan fingerprint density at radius 2 is 1.81 bits per heavy atom. The Kier molecular flexibility index (Phi) is 7.24. The molecule has 2 heterocycles. The summed E-state index contributed by atoms with van der Waals surface area (Å²) in [6.07, 6.45) is 0.802. The van der Waals surface area contributed by atoms with Gasteiger partial charge in [0.05, 0.1) is 0 Å². The number of halogens is 1. The highest BCUT2D eigenvalue weighted by Crippen LogP contribution is 2.66. The maximum Gasteiger partial charge on any atom is 0.490 e. The first-order valence-corrected chi connectivity index (χ1v) is 12.2. The van der Waals surface area contributed by atoms with Crippen LogP contribution in [-0.4, -0.2) is 63.5 Å². The number of ether oxygens (including phenoxy) is 1. The maximum atomic E-state index is 15.2. The van der Waals surface area contributed by atoms with Crippen molar-refractivity contribution in [3.63, 3.8) is 0 Å². The molecular weight excluding hydrogens is 512 g/mol. The summed E-state index contributed by atoms with van der Waals surface area (Å²) in [7, 11) is -17.5. The Morgan fingerprint density at radius 3 is 2.31 bits per heavy atom. The molecule has 21 heteroatoms. The zero-order chi connectivity index (χ0) is 24.8. The number of terminal acetylenes is 1. The van der Waals surface area contributed by atoms with Crippen LogP contribution in [0.1, 0.15) is 6.23 Å². The van der Waals surface area contributed by atoms with E-state index in [4.69, 9.17) is 25.8 Å². The summed E-state index contributed by atoms with van der Waals surface area (Å²) in [4.78, 5) is 60.2. The van der Waals surface area contributed by atoms with E-state index in [2.05, 4.69) is 13.1 Å². The quantitative estimate of drug-likeness (QED) is 0.140. The first-order chi connectivity index (χ1) is 14.3. The van der Waals surface area contributed by atoms with E-state index < -0.39 is 65.1 Å². The Balaban J connectivity index is 2.28. The number of aliphatic hydroxyl groups excluding tert-OH is 1. The molecule has 1 aliphatic heterocycles. The lowest BCUT2D eigenvalue weighted by Crippen LogP contribution is -2.51. The van der Waals surface area contributed by atoms with Crippen LogP contribution < -0.4 is 11.2 Å². The number of alkyl halides is 1.